The fourth-order valence-electron chi connectivity index (χ4n) is 3.12. The summed E-state index contributed by atoms with van der Waals surface area (Å²) in [7, 11) is 0. The topological polar surface area (TPSA) is 81.7 Å². The van der Waals surface area contributed by atoms with Gasteiger partial charge >= 0.3 is 5.97 Å². The third kappa shape index (κ3) is 20.7. The molecule has 0 heterocycles. The number of nitrogens with one attached hydrogen (secondary N) is 1. The Hall–Kier alpha value is -2.00. The zero-order valence-electron chi connectivity index (χ0n) is 23.0. The molecule has 1 atom stereocenters. The van der Waals surface area contributed by atoms with E-state index in [-0.39, 0.29) is 37.2 Å². The van der Waals surface area contributed by atoms with Gasteiger partial charge in [0, 0.05) is 24.8 Å². The summed E-state index contributed by atoms with van der Waals surface area (Å²) in [5.74, 6) is -0.607. The number of unbranched alkanes of at least 4 members (excludes halogenated alkanes) is 1. The normalized spacial score (nSPS) is 13.4. The van der Waals surface area contributed by atoms with Crippen molar-refractivity contribution in [1.82, 2.24) is 5.32 Å². The molecule has 0 aliphatic heterocycles. The molecule has 208 valence electrons. The molecule has 7 heteroatoms. The van der Waals surface area contributed by atoms with Crippen LogP contribution in [0.1, 0.15) is 85.5 Å². The maximum Gasteiger partial charge on any atom is 0.305 e. The van der Waals surface area contributed by atoms with Gasteiger partial charge in [-0.25, -0.2) is 0 Å². The molecule has 0 bridgehead atoms. The van der Waals surface area contributed by atoms with E-state index in [2.05, 4.69) is 73.0 Å². The van der Waals surface area contributed by atoms with E-state index in [0.717, 1.165) is 38.5 Å². The predicted molar refractivity (Wildman–Crippen MR) is 160 cm³/mol. The lowest BCUT2D eigenvalue weighted by atomic mass is 9.87. The van der Waals surface area contributed by atoms with E-state index in [0.29, 0.717) is 12.8 Å². The molecule has 0 fully saturated rings. The maximum atomic E-state index is 12.4. The van der Waals surface area contributed by atoms with Crippen LogP contribution in [-0.2, 0) is 22.2 Å². The summed E-state index contributed by atoms with van der Waals surface area (Å²) >= 11 is 1.68. The zero-order valence-corrected chi connectivity index (χ0v) is 25.2. The molecule has 0 unspecified atom stereocenters. The van der Waals surface area contributed by atoms with Gasteiger partial charge in [0.25, 0.3) is 5.91 Å². The van der Waals surface area contributed by atoms with Crippen molar-refractivity contribution in [3.05, 3.63) is 60.8 Å². The minimum absolute atomic E-state index is 0.00464. The molecule has 37 heavy (non-hydrogen) atoms. The van der Waals surface area contributed by atoms with Gasteiger partial charge in [-0.1, -0.05) is 81.5 Å². The van der Waals surface area contributed by atoms with Gasteiger partial charge in [0.2, 0.25) is 0 Å². The molecule has 0 rings (SSSR count). The highest BCUT2D eigenvalue weighted by Crippen LogP contribution is 2.26. The van der Waals surface area contributed by atoms with Crippen LogP contribution in [0.3, 0.4) is 0 Å². The Morgan fingerprint density at radius 2 is 1.35 bits per heavy atom. The molecule has 0 aliphatic carbocycles. The number of carbonyl (C=O) groups is 3. The first-order valence-corrected chi connectivity index (χ1v) is 14.1. The van der Waals surface area contributed by atoms with Gasteiger partial charge in [-0.15, -0.1) is 0 Å². The van der Waals surface area contributed by atoms with Crippen molar-refractivity contribution in [1.29, 1.82) is 0 Å². The molecule has 1 N–H and O–H groups in total. The number of halogens is 1. The molecule has 6 nitrogen and oxygen atoms in total. The van der Waals surface area contributed by atoms with Gasteiger partial charge in [-0.3, -0.25) is 14.4 Å². The quantitative estimate of drug-likeness (QED) is 0.0625. The van der Waals surface area contributed by atoms with Crippen LogP contribution >= 0.6 is 23.0 Å². The number of amides is 1. The molecule has 0 saturated carbocycles. The van der Waals surface area contributed by atoms with Crippen LogP contribution in [0.2, 0.25) is 0 Å². The van der Waals surface area contributed by atoms with Crippen molar-refractivity contribution in [3.8, 4) is 0 Å². The smallest absolute Gasteiger partial charge is 0.305 e. The number of rotatable bonds is 21. The Morgan fingerprint density at radius 3 is 1.84 bits per heavy atom. The summed E-state index contributed by atoms with van der Waals surface area (Å²) in [6, 6.07) is 0. The minimum Gasteiger partial charge on any atom is -0.465 e. The summed E-state index contributed by atoms with van der Waals surface area (Å²) in [5.41, 5.74) is -0.707. The number of ketones is 1. The molecule has 1 amide bonds. The lowest BCUT2D eigenvalue weighted by Crippen LogP contribution is -2.47. The molecule has 0 saturated heterocycles. The monoisotopic (exact) mass is 627 g/mol. The second kappa shape index (κ2) is 23.1. The van der Waals surface area contributed by atoms with E-state index in [1.807, 2.05) is 13.8 Å². The van der Waals surface area contributed by atoms with Gasteiger partial charge in [-0.05, 0) is 51.9 Å². The average molecular weight is 628 g/mol. The molecule has 0 aromatic carbocycles. The standard InChI is InChI=1S/C30H46INO5/c1-5-6-7-8-9-10-11-12-13-14-15-16-17-18-19-20-21-22-27(34)36-25-30(3,4)28(37-31)29(35)32-24-23-26(2)33/h6-7,9-10,12-13,15-16,18-19,28H,5,8,11,14,17,20-25H2,1-4H3,(H,32,35)/b7-6-,10-9-,13-12-,16-15-,19-18-/t28-/m0/s1. The fourth-order valence-corrected chi connectivity index (χ4v) is 4.04. The van der Waals surface area contributed by atoms with Gasteiger partial charge in [-0.2, -0.15) is 0 Å². The van der Waals surface area contributed by atoms with Crippen LogP contribution in [0.15, 0.2) is 60.8 Å². The van der Waals surface area contributed by atoms with E-state index in [1.165, 1.54) is 6.92 Å². The van der Waals surface area contributed by atoms with Crippen LogP contribution in [0.25, 0.3) is 0 Å². The SMILES string of the molecule is CC/C=C\C/C=C\C/C=C\C/C=C\C/C=C\CCCC(=O)OCC(C)(C)[C@@H](OI)C(=O)NCCC(C)=O. The van der Waals surface area contributed by atoms with Gasteiger partial charge in [0.1, 0.15) is 28.8 Å². The van der Waals surface area contributed by atoms with Gasteiger partial charge in [0.15, 0.2) is 6.10 Å². The van der Waals surface area contributed by atoms with Crippen molar-refractivity contribution < 1.29 is 22.2 Å². The number of carbonyl (C=O) groups excluding carboxylic acids is 3. The summed E-state index contributed by atoms with van der Waals surface area (Å²) in [6.45, 7) is 7.57. The van der Waals surface area contributed by atoms with E-state index in [1.54, 1.807) is 23.0 Å². The van der Waals surface area contributed by atoms with Crippen LogP contribution in [-0.4, -0.2) is 36.9 Å². The number of hydrogen-bond donors (Lipinski definition) is 1. The Morgan fingerprint density at radius 1 is 0.838 bits per heavy atom. The zero-order chi connectivity index (χ0) is 27.8. The van der Waals surface area contributed by atoms with E-state index in [4.69, 9.17) is 7.80 Å². The Kier molecular flexibility index (Phi) is 21.9. The number of esters is 1. The number of allylic oxidation sites excluding steroid dienone is 10. The highest BCUT2D eigenvalue weighted by atomic mass is 127. The summed E-state index contributed by atoms with van der Waals surface area (Å²) in [4.78, 5) is 35.6. The fraction of sp³-hybridized carbons (Fsp3) is 0.567. The van der Waals surface area contributed by atoms with Gasteiger partial charge < -0.3 is 13.1 Å². The second-order valence-corrected chi connectivity index (χ2v) is 9.97. The molecule has 0 spiro atoms. The summed E-state index contributed by atoms with van der Waals surface area (Å²) in [5, 5.41) is 2.70. The number of ether oxygens (including phenoxy) is 1. The Balaban J connectivity index is 4.03. The van der Waals surface area contributed by atoms with Gasteiger partial charge in [0.05, 0.1) is 6.61 Å². The molecular weight excluding hydrogens is 581 g/mol. The van der Waals surface area contributed by atoms with Crippen LogP contribution in [0.4, 0.5) is 0 Å². The summed E-state index contributed by atoms with van der Waals surface area (Å²) in [6.07, 6.45) is 27.8. The van der Waals surface area contributed by atoms with E-state index in [9.17, 15) is 14.4 Å². The number of Topliss-reactive ketones (excluding diaryl/α,β-unsaturated/α-hetero) is 1. The van der Waals surface area contributed by atoms with Crippen LogP contribution in [0, 0.1) is 5.41 Å². The van der Waals surface area contributed by atoms with Crippen molar-refractivity contribution >= 4 is 40.7 Å². The molecular formula is C30H46INO5. The van der Waals surface area contributed by atoms with Crippen molar-refractivity contribution in [3.63, 3.8) is 0 Å². The first-order valence-electron chi connectivity index (χ1n) is 13.2. The highest BCUT2D eigenvalue weighted by Gasteiger charge is 2.37. The molecule has 0 radical (unpaired) electrons. The summed E-state index contributed by atoms with van der Waals surface area (Å²) < 4.78 is 10.7. The lowest BCUT2D eigenvalue weighted by molar-refractivity contribution is -0.151. The van der Waals surface area contributed by atoms with Crippen molar-refractivity contribution in [2.75, 3.05) is 13.2 Å². The first-order chi connectivity index (χ1) is 17.7. The van der Waals surface area contributed by atoms with Crippen molar-refractivity contribution in [2.24, 2.45) is 5.41 Å². The van der Waals surface area contributed by atoms with Crippen LogP contribution in [0.5, 0.6) is 0 Å². The predicted octanol–water partition coefficient (Wildman–Crippen LogP) is 7.31. The molecule has 0 aromatic heterocycles. The maximum absolute atomic E-state index is 12.4. The van der Waals surface area contributed by atoms with E-state index < -0.39 is 11.5 Å². The Bertz CT molecular complexity index is 796. The Labute approximate surface area is 238 Å². The van der Waals surface area contributed by atoms with Crippen LogP contribution < -0.4 is 5.32 Å². The lowest BCUT2D eigenvalue weighted by Gasteiger charge is -2.30. The highest BCUT2D eigenvalue weighted by molar-refractivity contribution is 14.1. The average Bonchev–Trinajstić information content (AvgIpc) is 2.84. The minimum atomic E-state index is -0.797. The molecule has 0 aromatic rings. The number of hydrogen-bond acceptors (Lipinski definition) is 5. The third-order valence-corrected chi connectivity index (χ3v) is 5.84. The third-order valence-electron chi connectivity index (χ3n) is 5.33. The van der Waals surface area contributed by atoms with E-state index >= 15 is 0 Å². The second-order valence-electron chi connectivity index (χ2n) is 9.46. The largest absolute Gasteiger partial charge is 0.465 e. The van der Waals surface area contributed by atoms with Crippen molar-refractivity contribution in [2.45, 2.75) is 91.6 Å². The molecule has 0 aliphatic rings. The first kappa shape index (κ1) is 35.0.